The molecule has 0 bridgehead atoms. The van der Waals surface area contributed by atoms with E-state index in [1.54, 1.807) is 21.0 Å². The van der Waals surface area contributed by atoms with Crippen LogP contribution in [-0.2, 0) is 9.53 Å². The van der Waals surface area contributed by atoms with Crippen LogP contribution in [0.2, 0.25) is 0 Å². The minimum atomic E-state index is -0.825. The van der Waals surface area contributed by atoms with E-state index in [0.717, 1.165) is 0 Å². The summed E-state index contributed by atoms with van der Waals surface area (Å²) >= 11 is 0. The minimum absolute atomic E-state index is 0.207. The lowest BCUT2D eigenvalue weighted by atomic mass is 9.86. The highest BCUT2D eigenvalue weighted by molar-refractivity contribution is 5.73. The largest absolute Gasteiger partial charge is 0.481 e. The van der Waals surface area contributed by atoms with Crippen molar-refractivity contribution in [2.45, 2.75) is 26.3 Å². The van der Waals surface area contributed by atoms with E-state index in [1.165, 1.54) is 0 Å². The van der Waals surface area contributed by atoms with Gasteiger partial charge in [-0.2, -0.15) is 0 Å². The second-order valence-electron chi connectivity index (χ2n) is 3.61. The van der Waals surface area contributed by atoms with Crippen LogP contribution in [0.25, 0.3) is 0 Å². The minimum Gasteiger partial charge on any atom is -0.481 e. The van der Waals surface area contributed by atoms with E-state index in [9.17, 15) is 4.79 Å². The van der Waals surface area contributed by atoms with Crippen molar-refractivity contribution in [1.29, 1.82) is 0 Å². The first kappa shape index (κ1) is 11.4. The van der Waals surface area contributed by atoms with E-state index in [0.29, 0.717) is 13.0 Å². The van der Waals surface area contributed by atoms with Gasteiger partial charge in [0.05, 0.1) is 12.0 Å². The molecule has 0 saturated heterocycles. The molecule has 0 aliphatic heterocycles. The molecule has 0 aliphatic carbocycles. The van der Waals surface area contributed by atoms with Gasteiger partial charge >= 0.3 is 5.97 Å². The van der Waals surface area contributed by atoms with Crippen molar-refractivity contribution in [3.05, 3.63) is 0 Å². The maximum Gasteiger partial charge on any atom is 0.309 e. The zero-order chi connectivity index (χ0) is 9.78. The molecule has 3 N–H and O–H groups in total. The number of nitrogens with two attached hydrogens (primary N) is 1. The van der Waals surface area contributed by atoms with Gasteiger partial charge in [-0.05, 0) is 20.3 Å². The van der Waals surface area contributed by atoms with Crippen LogP contribution in [0.5, 0.6) is 0 Å². The summed E-state index contributed by atoms with van der Waals surface area (Å²) in [6.45, 7) is 3.71. The standard InChI is InChI=1S/C8H17NO3/c1-8(2,7(10)11)4-6(9)5-12-3/h6H,4-5,9H2,1-3H3,(H,10,11)/t6-/m1/s1. The van der Waals surface area contributed by atoms with Gasteiger partial charge in [0, 0.05) is 13.2 Å². The summed E-state index contributed by atoms with van der Waals surface area (Å²) in [5, 5.41) is 8.76. The molecular formula is C8H17NO3. The van der Waals surface area contributed by atoms with Crippen molar-refractivity contribution < 1.29 is 14.6 Å². The summed E-state index contributed by atoms with van der Waals surface area (Å²) in [6.07, 6.45) is 0.427. The smallest absolute Gasteiger partial charge is 0.309 e. The average Bonchev–Trinajstić information content (AvgIpc) is 1.85. The summed E-state index contributed by atoms with van der Waals surface area (Å²) in [5.41, 5.74) is 4.85. The fourth-order valence-corrected chi connectivity index (χ4v) is 1.02. The van der Waals surface area contributed by atoms with Gasteiger partial charge in [-0.3, -0.25) is 4.79 Å². The molecule has 12 heavy (non-hydrogen) atoms. The summed E-state index contributed by atoms with van der Waals surface area (Å²) in [7, 11) is 1.55. The first-order valence-corrected chi connectivity index (χ1v) is 3.88. The molecule has 1 atom stereocenters. The Morgan fingerprint density at radius 3 is 2.50 bits per heavy atom. The molecule has 0 aliphatic rings. The number of rotatable bonds is 5. The maximum absolute atomic E-state index is 10.7. The Bertz CT molecular complexity index is 156. The van der Waals surface area contributed by atoms with E-state index in [2.05, 4.69) is 0 Å². The fraction of sp³-hybridized carbons (Fsp3) is 0.875. The normalized spacial score (nSPS) is 14.3. The third-order valence-electron chi connectivity index (χ3n) is 1.73. The molecule has 72 valence electrons. The van der Waals surface area contributed by atoms with Crippen LogP contribution in [-0.4, -0.2) is 30.8 Å². The highest BCUT2D eigenvalue weighted by atomic mass is 16.5. The van der Waals surface area contributed by atoms with Crippen molar-refractivity contribution in [3.63, 3.8) is 0 Å². The van der Waals surface area contributed by atoms with Crippen molar-refractivity contribution in [2.75, 3.05) is 13.7 Å². The zero-order valence-corrected chi connectivity index (χ0v) is 7.83. The Balaban J connectivity index is 3.96. The number of carboxylic acids is 1. The molecular weight excluding hydrogens is 158 g/mol. The molecule has 4 heteroatoms. The quantitative estimate of drug-likeness (QED) is 0.636. The molecule has 0 unspecified atom stereocenters. The van der Waals surface area contributed by atoms with Crippen LogP contribution in [0.4, 0.5) is 0 Å². The molecule has 0 spiro atoms. The van der Waals surface area contributed by atoms with Crippen molar-refractivity contribution in [2.24, 2.45) is 11.1 Å². The lowest BCUT2D eigenvalue weighted by Gasteiger charge is -2.22. The SMILES string of the molecule is COC[C@H](N)CC(C)(C)C(=O)O. The first-order valence-electron chi connectivity index (χ1n) is 3.88. The van der Waals surface area contributed by atoms with Crippen molar-refractivity contribution >= 4 is 5.97 Å². The van der Waals surface area contributed by atoms with E-state index in [-0.39, 0.29) is 6.04 Å². The zero-order valence-electron chi connectivity index (χ0n) is 7.83. The number of carbonyl (C=O) groups is 1. The Kier molecular flexibility index (Phi) is 4.20. The van der Waals surface area contributed by atoms with Crippen LogP contribution in [0, 0.1) is 5.41 Å². The van der Waals surface area contributed by atoms with E-state index >= 15 is 0 Å². The van der Waals surface area contributed by atoms with Gasteiger partial charge in [0.15, 0.2) is 0 Å². The van der Waals surface area contributed by atoms with Gasteiger partial charge in [-0.1, -0.05) is 0 Å². The van der Waals surface area contributed by atoms with E-state index in [4.69, 9.17) is 15.6 Å². The molecule has 0 heterocycles. The van der Waals surface area contributed by atoms with Crippen LogP contribution in [0.1, 0.15) is 20.3 Å². The van der Waals surface area contributed by atoms with E-state index < -0.39 is 11.4 Å². The number of hydrogen-bond acceptors (Lipinski definition) is 3. The van der Waals surface area contributed by atoms with Gasteiger partial charge in [-0.15, -0.1) is 0 Å². The number of ether oxygens (including phenoxy) is 1. The average molecular weight is 175 g/mol. The molecule has 0 rings (SSSR count). The Morgan fingerprint density at radius 2 is 2.17 bits per heavy atom. The maximum atomic E-state index is 10.7. The summed E-state index contributed by atoms with van der Waals surface area (Å²) in [4.78, 5) is 10.7. The third-order valence-corrected chi connectivity index (χ3v) is 1.73. The van der Waals surface area contributed by atoms with Crippen molar-refractivity contribution in [1.82, 2.24) is 0 Å². The highest BCUT2D eigenvalue weighted by Crippen LogP contribution is 2.21. The monoisotopic (exact) mass is 175 g/mol. The molecule has 4 nitrogen and oxygen atoms in total. The van der Waals surface area contributed by atoms with Crippen LogP contribution in [0.15, 0.2) is 0 Å². The van der Waals surface area contributed by atoms with E-state index in [1.807, 2.05) is 0 Å². The molecule has 0 aromatic heterocycles. The van der Waals surface area contributed by atoms with Gasteiger partial charge in [0.1, 0.15) is 0 Å². The number of aliphatic carboxylic acids is 1. The highest BCUT2D eigenvalue weighted by Gasteiger charge is 2.29. The van der Waals surface area contributed by atoms with Gasteiger partial charge < -0.3 is 15.6 Å². The topological polar surface area (TPSA) is 72.5 Å². The molecule has 0 saturated carbocycles. The Labute approximate surface area is 72.7 Å². The third kappa shape index (κ3) is 3.69. The fourth-order valence-electron chi connectivity index (χ4n) is 1.02. The predicted molar refractivity (Wildman–Crippen MR) is 45.9 cm³/mol. The molecule has 0 amide bonds. The van der Waals surface area contributed by atoms with Crippen LogP contribution < -0.4 is 5.73 Å². The lowest BCUT2D eigenvalue weighted by molar-refractivity contribution is -0.147. The predicted octanol–water partition coefficient (Wildman–Crippen LogP) is 0.461. The Hall–Kier alpha value is -0.610. The molecule has 0 fully saturated rings. The lowest BCUT2D eigenvalue weighted by Crippen LogP contribution is -2.35. The molecule has 0 aromatic carbocycles. The summed E-state index contributed by atoms with van der Waals surface area (Å²) in [6, 6.07) is -0.207. The van der Waals surface area contributed by atoms with Gasteiger partial charge in [0.25, 0.3) is 0 Å². The molecule has 0 aromatic rings. The van der Waals surface area contributed by atoms with Crippen molar-refractivity contribution in [3.8, 4) is 0 Å². The van der Waals surface area contributed by atoms with Gasteiger partial charge in [-0.25, -0.2) is 0 Å². The summed E-state index contributed by atoms with van der Waals surface area (Å²) < 4.78 is 4.81. The second kappa shape index (κ2) is 4.42. The summed E-state index contributed by atoms with van der Waals surface area (Å²) in [5.74, 6) is -0.825. The first-order chi connectivity index (χ1) is 5.40. The number of methoxy groups -OCH3 is 1. The number of carboxylic acid groups (broad SMARTS) is 1. The Morgan fingerprint density at radius 1 is 1.67 bits per heavy atom. The van der Waals surface area contributed by atoms with Gasteiger partial charge in [0.2, 0.25) is 0 Å². The van der Waals surface area contributed by atoms with Crippen LogP contribution >= 0.6 is 0 Å². The number of hydrogen-bond donors (Lipinski definition) is 2. The second-order valence-corrected chi connectivity index (χ2v) is 3.61. The van der Waals surface area contributed by atoms with Crippen LogP contribution in [0.3, 0.4) is 0 Å². The molecule has 0 radical (unpaired) electrons.